The highest BCUT2D eigenvalue weighted by atomic mass is 35.5. The fourth-order valence-corrected chi connectivity index (χ4v) is 4.37. The molecule has 1 nitrogen and oxygen atoms in total. The second-order valence-electron chi connectivity index (χ2n) is 8.34. The van der Waals surface area contributed by atoms with Gasteiger partial charge in [0, 0.05) is 5.56 Å². The van der Waals surface area contributed by atoms with Crippen LogP contribution in [0.1, 0.15) is 76.7 Å². The lowest BCUT2D eigenvalue weighted by Gasteiger charge is -2.22. The maximum Gasteiger partial charge on any atom is 0.184 e. The Bertz CT molecular complexity index is 898. The Morgan fingerprint density at radius 2 is 1.81 bits per heavy atom. The summed E-state index contributed by atoms with van der Waals surface area (Å²) in [5.41, 5.74) is 4.58. The molecule has 0 saturated carbocycles. The predicted molar refractivity (Wildman–Crippen MR) is 131 cm³/mol. The second-order valence-corrected chi connectivity index (χ2v) is 8.72. The third-order valence-electron chi connectivity index (χ3n) is 5.96. The Labute approximate surface area is 192 Å². The van der Waals surface area contributed by atoms with Crippen molar-refractivity contribution in [2.45, 2.75) is 71.1 Å². The van der Waals surface area contributed by atoms with E-state index < -0.39 is 5.82 Å². The van der Waals surface area contributed by atoms with Crippen LogP contribution in [-0.4, -0.2) is 6.61 Å². The van der Waals surface area contributed by atoms with Gasteiger partial charge in [0.15, 0.2) is 11.6 Å². The Kier molecular flexibility index (Phi) is 9.21. The minimum Gasteiger partial charge on any atom is -0.490 e. The fraction of sp³-hybridized carbons (Fsp3) is 0.429. The first-order chi connectivity index (χ1) is 15.1. The van der Waals surface area contributed by atoms with Gasteiger partial charge in [-0.25, -0.2) is 4.39 Å². The Morgan fingerprint density at radius 3 is 2.48 bits per heavy atom. The molecule has 1 unspecified atom stereocenters. The quantitative estimate of drug-likeness (QED) is 0.334. The van der Waals surface area contributed by atoms with Crippen molar-refractivity contribution in [1.82, 2.24) is 0 Å². The van der Waals surface area contributed by atoms with Crippen LogP contribution in [0.15, 0.2) is 60.2 Å². The summed E-state index contributed by atoms with van der Waals surface area (Å²) in [6, 6.07) is 12.0. The first kappa shape index (κ1) is 23.6. The molecule has 2 aromatic carbocycles. The molecule has 3 rings (SSSR count). The number of unbranched alkanes of at least 4 members (excludes halogenated alkanes) is 1. The van der Waals surface area contributed by atoms with Crippen LogP contribution in [0.2, 0.25) is 5.02 Å². The molecule has 3 heteroatoms. The maximum absolute atomic E-state index is 14.6. The molecule has 0 amide bonds. The largest absolute Gasteiger partial charge is 0.490 e. The molecule has 0 saturated heterocycles. The minimum atomic E-state index is -0.480. The average molecular weight is 441 g/mol. The molecule has 1 aliphatic rings. The number of ether oxygens (including phenoxy) is 1. The van der Waals surface area contributed by atoms with E-state index in [1.807, 2.05) is 13.0 Å². The number of benzene rings is 2. The topological polar surface area (TPSA) is 9.23 Å². The van der Waals surface area contributed by atoms with Crippen molar-refractivity contribution in [3.63, 3.8) is 0 Å². The number of hydrogen-bond donors (Lipinski definition) is 0. The first-order valence-corrected chi connectivity index (χ1v) is 12.1. The van der Waals surface area contributed by atoms with Crippen LogP contribution in [0, 0.1) is 5.82 Å². The van der Waals surface area contributed by atoms with E-state index in [0.717, 1.165) is 24.8 Å². The van der Waals surface area contributed by atoms with Gasteiger partial charge in [0.2, 0.25) is 0 Å². The average Bonchev–Trinajstić information content (AvgIpc) is 2.80. The van der Waals surface area contributed by atoms with Gasteiger partial charge >= 0.3 is 0 Å². The lowest BCUT2D eigenvalue weighted by atomic mass is 9.83. The van der Waals surface area contributed by atoms with Gasteiger partial charge in [-0.05, 0) is 74.1 Å². The van der Waals surface area contributed by atoms with E-state index in [-0.39, 0.29) is 10.8 Å². The van der Waals surface area contributed by atoms with Crippen LogP contribution in [0.3, 0.4) is 0 Å². The maximum atomic E-state index is 14.6. The summed E-state index contributed by atoms with van der Waals surface area (Å²) in [7, 11) is 0. The van der Waals surface area contributed by atoms with Crippen molar-refractivity contribution in [3.05, 3.63) is 76.6 Å². The standard InChI is InChI=1S/C28H34ClFO/c1-3-5-6-7-8-9-21-10-12-22(13-11-21)23-14-16-24(17-15-23)25-18-19-26(31-20-4-2)28(30)27(25)29/h6-7,10,14-19,22H,3-5,8-9,11-13,20H2,1-2H3/b7-6+. The van der Waals surface area contributed by atoms with E-state index >= 15 is 0 Å². The molecule has 166 valence electrons. The highest BCUT2D eigenvalue weighted by Gasteiger charge is 2.17. The summed E-state index contributed by atoms with van der Waals surface area (Å²) < 4.78 is 20.0. The van der Waals surface area contributed by atoms with E-state index in [9.17, 15) is 4.39 Å². The van der Waals surface area contributed by atoms with Crippen molar-refractivity contribution < 1.29 is 9.13 Å². The highest BCUT2D eigenvalue weighted by molar-refractivity contribution is 6.33. The van der Waals surface area contributed by atoms with E-state index in [1.54, 1.807) is 11.6 Å². The molecule has 0 fully saturated rings. The van der Waals surface area contributed by atoms with E-state index in [1.165, 1.54) is 37.7 Å². The van der Waals surface area contributed by atoms with Gasteiger partial charge in [-0.2, -0.15) is 0 Å². The van der Waals surface area contributed by atoms with Gasteiger partial charge in [-0.3, -0.25) is 0 Å². The van der Waals surface area contributed by atoms with Crippen LogP contribution in [0.25, 0.3) is 11.1 Å². The highest BCUT2D eigenvalue weighted by Crippen LogP contribution is 2.37. The third-order valence-corrected chi connectivity index (χ3v) is 6.33. The van der Waals surface area contributed by atoms with E-state index in [2.05, 4.69) is 49.4 Å². The van der Waals surface area contributed by atoms with Gasteiger partial charge in [-0.1, -0.05) is 79.9 Å². The zero-order valence-electron chi connectivity index (χ0n) is 18.8. The van der Waals surface area contributed by atoms with Gasteiger partial charge in [0.1, 0.15) is 0 Å². The van der Waals surface area contributed by atoms with Gasteiger partial charge < -0.3 is 4.74 Å². The Morgan fingerprint density at radius 1 is 1.03 bits per heavy atom. The van der Waals surface area contributed by atoms with Crippen LogP contribution in [-0.2, 0) is 0 Å². The summed E-state index contributed by atoms with van der Waals surface area (Å²) in [4.78, 5) is 0. The zero-order chi connectivity index (χ0) is 22.1. The molecule has 0 N–H and O–H groups in total. The summed E-state index contributed by atoms with van der Waals surface area (Å²) >= 11 is 6.32. The molecule has 1 aliphatic carbocycles. The number of allylic oxidation sites excluding steroid dienone is 4. The van der Waals surface area contributed by atoms with Crippen LogP contribution in [0.4, 0.5) is 4.39 Å². The molecule has 0 bridgehead atoms. The molecule has 0 aliphatic heterocycles. The molecular formula is C28H34ClFO. The Hall–Kier alpha value is -2.06. The van der Waals surface area contributed by atoms with Gasteiger partial charge in [0.05, 0.1) is 11.6 Å². The predicted octanol–water partition coefficient (Wildman–Crippen LogP) is 9.27. The smallest absolute Gasteiger partial charge is 0.184 e. The van der Waals surface area contributed by atoms with Crippen LogP contribution < -0.4 is 4.74 Å². The molecular weight excluding hydrogens is 407 g/mol. The molecule has 2 aromatic rings. The normalized spacial score (nSPS) is 16.5. The van der Waals surface area contributed by atoms with Crippen molar-refractivity contribution >= 4 is 11.6 Å². The molecule has 31 heavy (non-hydrogen) atoms. The van der Waals surface area contributed by atoms with Crippen LogP contribution in [0.5, 0.6) is 5.75 Å². The van der Waals surface area contributed by atoms with Gasteiger partial charge in [-0.15, -0.1) is 0 Å². The third kappa shape index (κ3) is 6.46. The van der Waals surface area contributed by atoms with Crippen molar-refractivity contribution in [2.75, 3.05) is 6.61 Å². The number of rotatable bonds is 10. The van der Waals surface area contributed by atoms with Crippen molar-refractivity contribution in [1.29, 1.82) is 0 Å². The first-order valence-electron chi connectivity index (χ1n) is 11.7. The molecule has 0 radical (unpaired) electrons. The molecule has 0 aromatic heterocycles. The zero-order valence-corrected chi connectivity index (χ0v) is 19.6. The SMILES string of the molecule is CCC/C=C/CCC1=CCC(c2ccc(-c3ccc(OCCC)c(F)c3Cl)cc2)CC1. The molecule has 0 heterocycles. The van der Waals surface area contributed by atoms with Crippen molar-refractivity contribution in [3.8, 4) is 16.9 Å². The summed E-state index contributed by atoms with van der Waals surface area (Å²) in [5.74, 6) is 0.300. The fourth-order valence-electron chi connectivity index (χ4n) is 4.10. The summed E-state index contributed by atoms with van der Waals surface area (Å²) in [6.07, 6.45) is 16.1. The van der Waals surface area contributed by atoms with Crippen molar-refractivity contribution in [2.24, 2.45) is 0 Å². The number of hydrogen-bond acceptors (Lipinski definition) is 1. The minimum absolute atomic E-state index is 0.125. The van der Waals surface area contributed by atoms with E-state index in [4.69, 9.17) is 16.3 Å². The summed E-state index contributed by atoms with van der Waals surface area (Å²) in [5, 5.41) is 0.125. The van der Waals surface area contributed by atoms with E-state index in [0.29, 0.717) is 18.1 Å². The number of halogens is 2. The monoisotopic (exact) mass is 440 g/mol. The molecule has 0 spiro atoms. The Balaban J connectivity index is 1.62. The lowest BCUT2D eigenvalue weighted by Crippen LogP contribution is -2.04. The van der Waals surface area contributed by atoms with Crippen LogP contribution >= 0.6 is 11.6 Å². The van der Waals surface area contributed by atoms with Gasteiger partial charge in [0.25, 0.3) is 0 Å². The second kappa shape index (κ2) is 12.1. The summed E-state index contributed by atoms with van der Waals surface area (Å²) in [6.45, 7) is 4.69. The molecule has 1 atom stereocenters. The lowest BCUT2D eigenvalue weighted by molar-refractivity contribution is 0.301.